The number of aliphatic carboxylic acids is 1. The minimum absolute atomic E-state index is 0.0109. The van der Waals surface area contributed by atoms with Crippen molar-refractivity contribution in [3.63, 3.8) is 0 Å². The van der Waals surface area contributed by atoms with Gasteiger partial charge in [-0.1, -0.05) is 78.8 Å². The molecule has 1 rings (SSSR count). The Morgan fingerprint density at radius 3 is 1.79 bits per heavy atom. The Labute approximate surface area is 259 Å². The third-order valence-corrected chi connectivity index (χ3v) is 8.03. The first-order valence-electron chi connectivity index (χ1n) is 14.9. The highest BCUT2D eigenvalue weighted by atomic mass is 16.6. The third-order valence-electron chi connectivity index (χ3n) is 8.03. The van der Waals surface area contributed by atoms with E-state index in [4.69, 9.17) is 4.74 Å². The molecule has 0 aliphatic carbocycles. The molecule has 2 N–H and O–H groups in total. The van der Waals surface area contributed by atoms with Crippen molar-refractivity contribution in [1.29, 1.82) is 0 Å². The maximum atomic E-state index is 14.3. The summed E-state index contributed by atoms with van der Waals surface area (Å²) < 4.78 is 5.64. The smallest absolute Gasteiger partial charge is 0.410 e. The van der Waals surface area contributed by atoms with Crippen LogP contribution in [0.2, 0.25) is 0 Å². The molecule has 0 aliphatic rings. The van der Waals surface area contributed by atoms with Crippen molar-refractivity contribution in [3.8, 4) is 0 Å². The normalized spacial score (nSPS) is 15.3. The lowest BCUT2D eigenvalue weighted by atomic mass is 9.76. The molecule has 10 nitrogen and oxygen atoms in total. The number of ether oxygens (including phenoxy) is 1. The Kier molecular flexibility index (Phi) is 12.8. The van der Waals surface area contributed by atoms with Crippen LogP contribution in [0.1, 0.15) is 81.7 Å². The molecule has 0 spiro atoms. The SMILES string of the molecule is CC(C)[C@@H](CN(C)C(C)C(=O)O)N(C)C(=O)[C@@H](NC(=O)[C@@H](N(C)C(=O)OC(C)(C)C)C(C)(C)c1ccccc1)C(C)(C)C. The first-order valence-corrected chi connectivity index (χ1v) is 14.9. The van der Waals surface area contributed by atoms with E-state index in [1.807, 2.05) is 78.8 Å². The van der Waals surface area contributed by atoms with Crippen molar-refractivity contribution in [2.75, 3.05) is 27.7 Å². The molecule has 0 bridgehead atoms. The van der Waals surface area contributed by atoms with Crippen molar-refractivity contribution in [2.45, 2.75) is 111 Å². The molecule has 0 aliphatic heterocycles. The number of carbonyl (C=O) groups excluding carboxylic acids is 3. The lowest BCUT2D eigenvalue weighted by Gasteiger charge is -2.43. The highest BCUT2D eigenvalue weighted by molar-refractivity contribution is 5.93. The molecule has 0 radical (unpaired) electrons. The van der Waals surface area contributed by atoms with Gasteiger partial charge in [0.05, 0.1) is 0 Å². The monoisotopic (exact) mass is 604 g/mol. The van der Waals surface area contributed by atoms with Crippen molar-refractivity contribution in [3.05, 3.63) is 35.9 Å². The Morgan fingerprint density at radius 2 is 1.37 bits per heavy atom. The van der Waals surface area contributed by atoms with E-state index in [9.17, 15) is 24.3 Å². The van der Waals surface area contributed by atoms with Crippen LogP contribution in [0, 0.1) is 11.3 Å². The van der Waals surface area contributed by atoms with Crippen molar-refractivity contribution >= 4 is 23.9 Å². The summed E-state index contributed by atoms with van der Waals surface area (Å²) >= 11 is 0. The van der Waals surface area contributed by atoms with Crippen molar-refractivity contribution in [2.24, 2.45) is 11.3 Å². The lowest BCUT2D eigenvalue weighted by molar-refractivity contribution is -0.144. The number of hydrogen-bond donors (Lipinski definition) is 2. The van der Waals surface area contributed by atoms with Crippen molar-refractivity contribution in [1.82, 2.24) is 20.0 Å². The maximum Gasteiger partial charge on any atom is 0.410 e. The molecule has 244 valence electrons. The van der Waals surface area contributed by atoms with Crippen LogP contribution in [0.15, 0.2) is 30.3 Å². The van der Waals surface area contributed by atoms with Gasteiger partial charge >= 0.3 is 12.1 Å². The summed E-state index contributed by atoms with van der Waals surface area (Å²) in [4.78, 5) is 57.9. The fourth-order valence-electron chi connectivity index (χ4n) is 5.11. The van der Waals surface area contributed by atoms with Gasteiger partial charge in [0.1, 0.15) is 23.7 Å². The predicted molar refractivity (Wildman–Crippen MR) is 170 cm³/mol. The van der Waals surface area contributed by atoms with Crippen LogP contribution < -0.4 is 5.32 Å². The second-order valence-electron chi connectivity index (χ2n) is 14.6. The number of carboxylic acids is 1. The second-order valence-corrected chi connectivity index (χ2v) is 14.6. The van der Waals surface area contributed by atoms with Gasteiger partial charge in [-0.05, 0) is 51.6 Å². The Hall–Kier alpha value is -3.14. The Morgan fingerprint density at radius 1 is 0.860 bits per heavy atom. The molecule has 0 saturated heterocycles. The topological polar surface area (TPSA) is 119 Å². The molecular weight excluding hydrogens is 548 g/mol. The van der Waals surface area contributed by atoms with E-state index >= 15 is 0 Å². The zero-order chi connectivity index (χ0) is 33.7. The molecule has 1 unspecified atom stereocenters. The number of nitrogens with zero attached hydrogens (tertiary/aromatic N) is 3. The van der Waals surface area contributed by atoms with Crippen LogP contribution in [0.4, 0.5) is 4.79 Å². The number of amides is 3. The summed E-state index contributed by atoms with van der Waals surface area (Å²) in [5, 5.41) is 12.5. The van der Waals surface area contributed by atoms with E-state index in [0.29, 0.717) is 6.54 Å². The summed E-state index contributed by atoms with van der Waals surface area (Å²) in [5.74, 6) is -1.72. The summed E-state index contributed by atoms with van der Waals surface area (Å²) in [6.07, 6.45) is -0.650. The third kappa shape index (κ3) is 10.2. The molecular formula is C33H56N4O6. The van der Waals surface area contributed by atoms with Crippen LogP contribution >= 0.6 is 0 Å². The van der Waals surface area contributed by atoms with Crippen LogP contribution in [0.3, 0.4) is 0 Å². The maximum absolute atomic E-state index is 14.3. The first-order chi connectivity index (χ1) is 19.4. The number of hydrogen-bond acceptors (Lipinski definition) is 6. The highest BCUT2D eigenvalue weighted by Gasteiger charge is 2.46. The number of carboxylic acid groups (broad SMARTS) is 1. The lowest BCUT2D eigenvalue weighted by Crippen LogP contribution is -2.63. The van der Waals surface area contributed by atoms with Crippen molar-refractivity contribution < 1.29 is 29.0 Å². The van der Waals surface area contributed by atoms with E-state index in [1.165, 1.54) is 11.9 Å². The van der Waals surface area contributed by atoms with Gasteiger partial charge in [-0.25, -0.2) is 4.79 Å². The minimum atomic E-state index is -1.02. The van der Waals surface area contributed by atoms with Gasteiger partial charge < -0.3 is 20.1 Å². The number of carbonyl (C=O) groups is 4. The van der Waals surface area contributed by atoms with Gasteiger partial charge in [-0.3, -0.25) is 24.2 Å². The van der Waals surface area contributed by atoms with Crippen LogP contribution in [0.5, 0.6) is 0 Å². The average Bonchev–Trinajstić information content (AvgIpc) is 2.87. The molecule has 0 saturated carbocycles. The molecule has 0 fully saturated rings. The van der Waals surface area contributed by atoms with Gasteiger partial charge in [-0.15, -0.1) is 0 Å². The van der Waals surface area contributed by atoms with E-state index in [-0.39, 0.29) is 17.9 Å². The molecule has 0 aromatic heterocycles. The van der Waals surface area contributed by atoms with Gasteiger partial charge in [0.15, 0.2) is 0 Å². The predicted octanol–water partition coefficient (Wildman–Crippen LogP) is 4.62. The largest absolute Gasteiger partial charge is 0.480 e. The highest BCUT2D eigenvalue weighted by Crippen LogP contribution is 2.32. The zero-order valence-corrected chi connectivity index (χ0v) is 28.8. The number of likely N-dealkylation sites (N-methyl/N-ethyl adjacent to an activating group) is 3. The quantitative estimate of drug-likeness (QED) is 0.357. The Bertz CT molecular complexity index is 1110. The van der Waals surface area contributed by atoms with E-state index in [1.54, 1.807) is 51.6 Å². The summed E-state index contributed by atoms with van der Waals surface area (Å²) in [5.41, 5.74) is -1.47. The minimum Gasteiger partial charge on any atom is -0.480 e. The molecule has 43 heavy (non-hydrogen) atoms. The zero-order valence-electron chi connectivity index (χ0n) is 28.8. The molecule has 1 aromatic rings. The average molecular weight is 605 g/mol. The number of nitrogens with one attached hydrogen (secondary N) is 1. The molecule has 1 aromatic carbocycles. The van der Waals surface area contributed by atoms with Crippen LogP contribution in [-0.4, -0.2) is 101 Å². The second kappa shape index (κ2) is 14.6. The van der Waals surface area contributed by atoms with Gasteiger partial charge in [-0.2, -0.15) is 0 Å². The van der Waals surface area contributed by atoms with Gasteiger partial charge in [0, 0.05) is 32.1 Å². The number of benzene rings is 1. The van der Waals surface area contributed by atoms with Crippen LogP contribution in [0.25, 0.3) is 0 Å². The van der Waals surface area contributed by atoms with Crippen LogP contribution in [-0.2, 0) is 24.5 Å². The number of rotatable bonds is 12. The first kappa shape index (κ1) is 37.9. The standard InChI is InChI=1S/C33H56N4O6/c1-21(2)24(20-35(12)22(3)29(40)41)36(13)28(39)25(31(4,5)6)34-27(38)26(37(14)30(42)43-32(7,8)9)33(10,11)23-18-16-15-17-19-23/h15-19,21-22,24-26H,20H2,1-14H3,(H,34,38)(H,40,41)/t22?,24-,25-,26-/m1/s1. The van der Waals surface area contributed by atoms with E-state index < -0.39 is 52.5 Å². The summed E-state index contributed by atoms with van der Waals surface area (Å²) in [6.45, 7) is 20.6. The Balaban J connectivity index is 3.53. The van der Waals surface area contributed by atoms with Gasteiger partial charge in [0.2, 0.25) is 11.8 Å². The fraction of sp³-hybridized carbons (Fsp3) is 0.697. The fourth-order valence-corrected chi connectivity index (χ4v) is 5.11. The molecule has 0 heterocycles. The molecule has 4 atom stereocenters. The van der Waals surface area contributed by atoms with E-state index in [2.05, 4.69) is 5.32 Å². The molecule has 10 heteroatoms. The molecule has 3 amide bonds. The summed E-state index contributed by atoms with van der Waals surface area (Å²) in [6, 6.07) is 6.46. The van der Waals surface area contributed by atoms with Gasteiger partial charge in [0.25, 0.3) is 0 Å². The summed E-state index contributed by atoms with van der Waals surface area (Å²) in [7, 11) is 4.95. The van der Waals surface area contributed by atoms with E-state index in [0.717, 1.165) is 5.56 Å².